The summed E-state index contributed by atoms with van der Waals surface area (Å²) in [6.07, 6.45) is -37.3. The molecule has 2 fully saturated rings. The summed E-state index contributed by atoms with van der Waals surface area (Å²) >= 11 is 0. The van der Waals surface area contributed by atoms with Gasteiger partial charge in [-0.1, -0.05) is 24.3 Å². The molecule has 74 heavy (non-hydrogen) atoms. The molecule has 0 saturated carbocycles. The third-order valence-corrected chi connectivity index (χ3v) is 10.7. The Morgan fingerprint density at radius 1 is 0.554 bits per heavy atom. The number of nitrogens with zero attached hydrogens (tertiary/aromatic N) is 4. The van der Waals surface area contributed by atoms with E-state index in [0.29, 0.717) is 22.6 Å². The summed E-state index contributed by atoms with van der Waals surface area (Å²) in [5.74, 6) is -1.36. The Bertz CT molecular complexity index is 2210. The van der Waals surface area contributed by atoms with Crippen LogP contribution in [0.15, 0.2) is 36.4 Å². The summed E-state index contributed by atoms with van der Waals surface area (Å²) in [4.78, 5) is 64.6. The first-order chi connectivity index (χ1) is 33.8. The van der Waals surface area contributed by atoms with Crippen molar-refractivity contribution in [2.75, 3.05) is 59.0 Å². The van der Waals surface area contributed by atoms with Crippen LogP contribution in [-0.2, 0) is 46.4 Å². The Hall–Kier alpha value is -6.13. The van der Waals surface area contributed by atoms with E-state index in [-0.39, 0.29) is 72.1 Å². The topological polar surface area (TPSA) is 183 Å². The van der Waals surface area contributed by atoms with E-state index in [9.17, 15) is 81.8 Å². The van der Waals surface area contributed by atoms with Crippen LogP contribution in [0.2, 0.25) is 0 Å². The molecule has 0 bridgehead atoms. The fourth-order valence-electron chi connectivity index (χ4n) is 6.66. The van der Waals surface area contributed by atoms with Gasteiger partial charge >= 0.3 is 55.0 Å². The van der Waals surface area contributed by atoms with Gasteiger partial charge in [-0.3, -0.25) is 9.80 Å². The Kier molecular flexibility index (Phi) is 20.9. The summed E-state index contributed by atoms with van der Waals surface area (Å²) in [6, 6.07) is 10.4. The summed E-state index contributed by atoms with van der Waals surface area (Å²) in [6.45, 7) is 12.6. The molecule has 1 atom stereocenters. The van der Waals surface area contributed by atoms with Gasteiger partial charge in [0.25, 0.3) is 12.2 Å². The number of aliphatic carboxylic acids is 1. The molecule has 1 unspecified atom stereocenters. The van der Waals surface area contributed by atoms with Crippen LogP contribution < -0.4 is 9.47 Å². The second kappa shape index (κ2) is 24.9. The maximum Gasteiger partial charge on any atom is 0.511 e. The highest BCUT2D eigenvalue weighted by Crippen LogP contribution is 2.38. The van der Waals surface area contributed by atoms with Gasteiger partial charge < -0.3 is 48.1 Å². The summed E-state index contributed by atoms with van der Waals surface area (Å²) in [5, 5.41) is 9.30. The summed E-state index contributed by atoms with van der Waals surface area (Å²) in [7, 11) is 0. The number of carbonyl (C=O) groups is 5. The van der Waals surface area contributed by atoms with Crippen molar-refractivity contribution in [2.24, 2.45) is 0 Å². The van der Waals surface area contributed by atoms with Gasteiger partial charge in [0.1, 0.15) is 11.5 Å². The van der Waals surface area contributed by atoms with E-state index in [1.54, 1.807) is 67.0 Å². The number of halogens is 12. The SMILES string of the molecule is CCOC(=O)OC(C)OC(=O)C(C)(C)Oc1cc(C)ccc1CN1CCN(C(=O)OC(C(F)(F)F)C(F)(F)F)CC1.Cc1ccc(CN2CCN(C(=O)OC(C(F)(F)F)C(F)(F)F)CC2)c(OC(C)(C)C(=O)O)c1. The lowest BCUT2D eigenvalue weighted by Crippen LogP contribution is -2.52. The molecule has 0 radical (unpaired) electrons. The smallest absolute Gasteiger partial charge is 0.478 e. The number of hydrogen-bond donors (Lipinski definition) is 1. The van der Waals surface area contributed by atoms with Gasteiger partial charge in [-0.2, -0.15) is 52.7 Å². The second-order valence-corrected chi connectivity index (χ2v) is 17.7. The minimum absolute atomic E-state index is 0.0694. The lowest BCUT2D eigenvalue weighted by atomic mass is 10.1. The van der Waals surface area contributed by atoms with E-state index >= 15 is 0 Å². The zero-order valence-electron chi connectivity index (χ0n) is 41.1. The average molecular weight is 1090 g/mol. The quantitative estimate of drug-likeness (QED) is 0.0772. The fourth-order valence-corrected chi connectivity index (χ4v) is 6.66. The number of rotatable bonds is 15. The monoisotopic (exact) mass is 1090 g/mol. The van der Waals surface area contributed by atoms with Crippen molar-refractivity contribution in [3.63, 3.8) is 0 Å². The van der Waals surface area contributed by atoms with Gasteiger partial charge in [0, 0.05) is 83.5 Å². The number of carboxylic acid groups (broad SMARTS) is 1. The predicted octanol–water partition coefficient (Wildman–Crippen LogP) is 8.95. The number of aryl methyl sites for hydroxylation is 2. The largest absolute Gasteiger partial charge is 0.511 e. The predicted molar refractivity (Wildman–Crippen MR) is 232 cm³/mol. The number of carbonyl (C=O) groups excluding carboxylic acids is 4. The summed E-state index contributed by atoms with van der Waals surface area (Å²) < 4.78 is 186. The minimum atomic E-state index is -5.80. The highest BCUT2D eigenvalue weighted by molar-refractivity contribution is 5.79. The zero-order chi connectivity index (χ0) is 56.4. The summed E-state index contributed by atoms with van der Waals surface area (Å²) in [5.41, 5.74) is -0.170. The van der Waals surface area contributed by atoms with Gasteiger partial charge in [0.15, 0.2) is 11.2 Å². The van der Waals surface area contributed by atoms with Crippen molar-refractivity contribution in [3.05, 3.63) is 58.7 Å². The molecule has 0 aliphatic carbocycles. The van der Waals surface area contributed by atoms with Crippen molar-refractivity contribution in [2.45, 2.75) is 123 Å². The van der Waals surface area contributed by atoms with E-state index in [1.165, 1.54) is 34.6 Å². The number of hydrogen-bond acceptors (Lipinski definition) is 14. The number of alkyl halides is 12. The molecule has 4 rings (SSSR count). The third-order valence-electron chi connectivity index (χ3n) is 10.7. The molecule has 2 aromatic carbocycles. The van der Waals surface area contributed by atoms with Gasteiger partial charge in [-0.25, -0.2) is 24.0 Å². The number of amides is 2. The van der Waals surface area contributed by atoms with Crippen molar-refractivity contribution in [3.8, 4) is 11.5 Å². The Labute approximate surface area is 416 Å². The number of carboxylic acids is 1. The standard InChI is InChI=1S/C25H32F6N2O8.C20H24F6N2O5/c1-6-37-22(36)39-16(3)38-20(34)23(4,5)41-18-13-15(2)7-8-17(18)14-32-9-11-33(12-10-32)21(35)40-19(24(26,27)28)25(29,30)31;1-12-4-5-13(14(10-12)33-18(2,3)16(29)30)11-27-6-8-28(9-7-27)17(31)32-15(19(21,22)23)20(24,25)26/h7-8,13,16,19H,6,9-12,14H2,1-5H3;4-5,10,15H,6-9,11H2,1-3H3,(H,29,30). The third kappa shape index (κ3) is 19.0. The molecule has 17 nitrogen and oxygen atoms in total. The Morgan fingerprint density at radius 3 is 1.23 bits per heavy atom. The van der Waals surface area contributed by atoms with Crippen LogP contribution in [0.5, 0.6) is 11.5 Å². The first kappa shape index (κ1) is 62.2. The molecular weight excluding hydrogens is 1030 g/mol. The number of piperazine rings is 2. The molecule has 2 saturated heterocycles. The lowest BCUT2D eigenvalue weighted by molar-refractivity contribution is -0.309. The molecule has 2 aromatic rings. The first-order valence-electron chi connectivity index (χ1n) is 22.3. The zero-order valence-corrected chi connectivity index (χ0v) is 41.1. The second-order valence-electron chi connectivity index (χ2n) is 17.7. The number of ether oxygens (including phenoxy) is 7. The minimum Gasteiger partial charge on any atom is -0.478 e. The molecule has 2 aliphatic heterocycles. The normalized spacial score (nSPS) is 15.9. The molecular formula is C45H56F12N4O13. The molecule has 29 heteroatoms. The molecule has 1 N–H and O–H groups in total. The molecule has 0 aromatic heterocycles. The average Bonchev–Trinajstić information content (AvgIpc) is 3.25. The van der Waals surface area contributed by atoms with E-state index < -0.39 is 84.7 Å². The molecule has 2 amide bonds. The van der Waals surface area contributed by atoms with Crippen LogP contribution in [0.4, 0.5) is 67.1 Å². The van der Waals surface area contributed by atoms with Gasteiger partial charge in [-0.15, -0.1) is 0 Å². The van der Waals surface area contributed by atoms with E-state index in [2.05, 4.69) is 14.2 Å². The van der Waals surface area contributed by atoms with Gasteiger partial charge in [0.2, 0.25) is 6.29 Å². The van der Waals surface area contributed by atoms with E-state index in [1.807, 2.05) is 0 Å². The maximum absolute atomic E-state index is 12.7. The number of esters is 1. The molecule has 2 aliphatic rings. The van der Waals surface area contributed by atoms with Gasteiger partial charge in [0.05, 0.1) is 6.61 Å². The van der Waals surface area contributed by atoms with Crippen molar-refractivity contribution in [1.82, 2.24) is 19.6 Å². The van der Waals surface area contributed by atoms with Crippen LogP contribution in [-0.4, -0.2) is 168 Å². The van der Waals surface area contributed by atoms with Crippen molar-refractivity contribution >= 4 is 30.3 Å². The lowest BCUT2D eigenvalue weighted by Gasteiger charge is -2.35. The van der Waals surface area contributed by atoms with Crippen LogP contribution >= 0.6 is 0 Å². The fraction of sp³-hybridized carbons (Fsp3) is 0.622. The first-order valence-corrected chi connectivity index (χ1v) is 22.3. The molecule has 418 valence electrons. The van der Waals surface area contributed by atoms with Gasteiger partial charge in [-0.05, 0) is 71.7 Å². The van der Waals surface area contributed by atoms with Crippen molar-refractivity contribution in [1.29, 1.82) is 0 Å². The highest BCUT2D eigenvalue weighted by Gasteiger charge is 2.61. The Balaban J connectivity index is 0.000000399. The van der Waals surface area contributed by atoms with Crippen LogP contribution in [0.25, 0.3) is 0 Å². The van der Waals surface area contributed by atoms with Crippen molar-refractivity contribution < 1.29 is 115 Å². The van der Waals surface area contributed by atoms with E-state index in [0.717, 1.165) is 20.9 Å². The van der Waals surface area contributed by atoms with E-state index in [4.69, 9.17) is 18.9 Å². The van der Waals surface area contributed by atoms with Crippen LogP contribution in [0.1, 0.15) is 63.8 Å². The molecule has 0 spiro atoms. The molecule has 2 heterocycles. The number of benzene rings is 2. The Morgan fingerprint density at radius 2 is 0.905 bits per heavy atom. The van der Waals surface area contributed by atoms with Crippen LogP contribution in [0, 0.1) is 13.8 Å². The highest BCUT2D eigenvalue weighted by atomic mass is 19.4. The maximum atomic E-state index is 12.7. The van der Waals surface area contributed by atoms with Crippen LogP contribution in [0.3, 0.4) is 0 Å².